The van der Waals surface area contributed by atoms with Gasteiger partial charge in [0.25, 0.3) is 0 Å². The minimum Gasteiger partial charge on any atom is -0.497 e. The van der Waals surface area contributed by atoms with Crippen LogP contribution in [0.5, 0.6) is 5.75 Å². The number of carbonyl (C=O) groups excluding carboxylic acids is 2. The number of anilines is 2. The number of nitrogens with one attached hydrogen (secondary N) is 1. The van der Waals surface area contributed by atoms with Crippen LogP contribution in [0.25, 0.3) is 20.9 Å². The van der Waals surface area contributed by atoms with Crippen molar-refractivity contribution in [2.24, 2.45) is 5.92 Å². The maximum absolute atomic E-state index is 13.0. The van der Waals surface area contributed by atoms with Gasteiger partial charge in [-0.2, -0.15) is 0 Å². The van der Waals surface area contributed by atoms with Crippen molar-refractivity contribution < 1.29 is 14.3 Å². The van der Waals surface area contributed by atoms with Crippen LogP contribution in [0.4, 0.5) is 11.4 Å². The summed E-state index contributed by atoms with van der Waals surface area (Å²) in [6, 6.07) is 17.0. The maximum Gasteiger partial charge on any atom is 0.229 e. The molecule has 1 aliphatic rings. The number of aromatic nitrogens is 2. The molecule has 2 aromatic carbocycles. The molecule has 0 saturated carbocycles. The van der Waals surface area contributed by atoms with Crippen molar-refractivity contribution in [1.82, 2.24) is 9.97 Å². The monoisotopic (exact) mass is 458 g/mol. The third-order valence-electron chi connectivity index (χ3n) is 5.79. The minimum atomic E-state index is -0.422. The fraction of sp³-hybridized carbons (Fsp3) is 0.200. The van der Waals surface area contributed by atoms with Crippen LogP contribution in [0.2, 0.25) is 0 Å². The number of benzene rings is 2. The average molecular weight is 459 g/mol. The smallest absolute Gasteiger partial charge is 0.229 e. The molecule has 33 heavy (non-hydrogen) atoms. The van der Waals surface area contributed by atoms with Gasteiger partial charge in [-0.15, -0.1) is 0 Å². The van der Waals surface area contributed by atoms with Gasteiger partial charge in [0.2, 0.25) is 11.8 Å². The molecule has 3 heterocycles. The number of amides is 2. The van der Waals surface area contributed by atoms with Gasteiger partial charge in [-0.3, -0.25) is 9.59 Å². The lowest BCUT2D eigenvalue weighted by atomic mass is 10.1. The van der Waals surface area contributed by atoms with Gasteiger partial charge >= 0.3 is 0 Å². The SMILES string of the molecule is COc1ccc(N2CC(C(=O)Nc3cc(-c4nc5cccnc5s4)ccc3C)CC2=O)cc1. The number of aryl methyl sites for hydroxylation is 1. The lowest BCUT2D eigenvalue weighted by Gasteiger charge is -2.17. The number of hydrogen-bond acceptors (Lipinski definition) is 6. The molecule has 0 bridgehead atoms. The fourth-order valence-electron chi connectivity index (χ4n) is 3.91. The number of hydrogen-bond donors (Lipinski definition) is 1. The highest BCUT2D eigenvalue weighted by molar-refractivity contribution is 7.21. The number of methoxy groups -OCH3 is 1. The van der Waals surface area contributed by atoms with Crippen molar-refractivity contribution in [3.05, 3.63) is 66.4 Å². The largest absolute Gasteiger partial charge is 0.497 e. The van der Waals surface area contributed by atoms with Crippen molar-refractivity contribution >= 4 is 44.9 Å². The highest BCUT2D eigenvalue weighted by atomic mass is 32.1. The molecule has 8 heteroatoms. The normalized spacial score (nSPS) is 15.8. The summed E-state index contributed by atoms with van der Waals surface area (Å²) in [6.45, 7) is 2.29. The van der Waals surface area contributed by atoms with Gasteiger partial charge in [0.15, 0.2) is 0 Å². The second-order valence-corrected chi connectivity index (χ2v) is 8.95. The van der Waals surface area contributed by atoms with Crippen molar-refractivity contribution in [2.45, 2.75) is 13.3 Å². The van der Waals surface area contributed by atoms with Gasteiger partial charge in [-0.1, -0.05) is 23.5 Å². The molecule has 7 nitrogen and oxygen atoms in total. The van der Waals surface area contributed by atoms with Crippen molar-refractivity contribution in [2.75, 3.05) is 23.9 Å². The first-order valence-corrected chi connectivity index (χ1v) is 11.4. The van der Waals surface area contributed by atoms with Gasteiger partial charge in [0.05, 0.1) is 13.0 Å². The Morgan fingerprint density at radius 3 is 2.76 bits per heavy atom. The van der Waals surface area contributed by atoms with E-state index in [2.05, 4.69) is 15.3 Å². The Kier molecular flexibility index (Phi) is 5.51. The number of fused-ring (bicyclic) bond motifs is 1. The second-order valence-electron chi connectivity index (χ2n) is 7.97. The summed E-state index contributed by atoms with van der Waals surface area (Å²) in [6.07, 6.45) is 1.93. The molecule has 2 aromatic heterocycles. The number of pyridine rings is 1. The van der Waals surface area contributed by atoms with Gasteiger partial charge in [0.1, 0.15) is 21.1 Å². The van der Waals surface area contributed by atoms with E-state index >= 15 is 0 Å². The zero-order chi connectivity index (χ0) is 22.9. The minimum absolute atomic E-state index is 0.0623. The molecule has 1 unspecified atom stereocenters. The molecule has 1 saturated heterocycles. The van der Waals surface area contributed by atoms with Gasteiger partial charge in [0, 0.05) is 36.1 Å². The first-order chi connectivity index (χ1) is 16.0. The Morgan fingerprint density at radius 1 is 1.18 bits per heavy atom. The highest BCUT2D eigenvalue weighted by Gasteiger charge is 2.35. The number of ether oxygens (including phenoxy) is 1. The van der Waals surface area contributed by atoms with E-state index < -0.39 is 5.92 Å². The van der Waals surface area contributed by atoms with Crippen molar-refractivity contribution in [3.8, 4) is 16.3 Å². The molecular weight excluding hydrogens is 436 g/mol. The molecule has 1 atom stereocenters. The van der Waals surface area contributed by atoms with Crippen molar-refractivity contribution in [1.29, 1.82) is 0 Å². The van der Waals surface area contributed by atoms with Crippen LogP contribution in [-0.2, 0) is 9.59 Å². The van der Waals surface area contributed by atoms with E-state index in [9.17, 15) is 9.59 Å². The Bertz CT molecular complexity index is 1320. The Labute approximate surface area is 195 Å². The van der Waals surface area contributed by atoms with E-state index in [0.717, 1.165) is 43.6 Å². The zero-order valence-electron chi connectivity index (χ0n) is 18.2. The highest BCUT2D eigenvalue weighted by Crippen LogP contribution is 2.32. The zero-order valence-corrected chi connectivity index (χ0v) is 19.1. The molecule has 0 radical (unpaired) electrons. The summed E-state index contributed by atoms with van der Waals surface area (Å²) < 4.78 is 5.18. The molecule has 1 aliphatic heterocycles. The Morgan fingerprint density at radius 2 is 2.00 bits per heavy atom. The predicted molar refractivity (Wildman–Crippen MR) is 130 cm³/mol. The Balaban J connectivity index is 1.33. The van der Waals surface area contributed by atoms with Gasteiger partial charge in [-0.25, -0.2) is 9.97 Å². The van der Waals surface area contributed by atoms with E-state index in [1.54, 1.807) is 18.2 Å². The lowest BCUT2D eigenvalue weighted by Crippen LogP contribution is -2.28. The number of rotatable bonds is 5. The number of carbonyl (C=O) groups is 2. The second kappa shape index (κ2) is 8.63. The number of nitrogens with zero attached hydrogens (tertiary/aromatic N) is 3. The third-order valence-corrected chi connectivity index (χ3v) is 6.82. The first-order valence-electron chi connectivity index (χ1n) is 10.6. The molecular formula is C25H22N4O3S. The summed E-state index contributed by atoms with van der Waals surface area (Å²) in [5, 5.41) is 3.88. The molecule has 166 valence electrons. The summed E-state index contributed by atoms with van der Waals surface area (Å²) in [5.74, 6) is 0.0756. The fourth-order valence-corrected chi connectivity index (χ4v) is 4.82. The van der Waals surface area contributed by atoms with Crippen LogP contribution in [-0.4, -0.2) is 35.4 Å². The molecule has 0 aliphatic carbocycles. The van der Waals surface area contributed by atoms with E-state index in [1.807, 2.05) is 61.5 Å². The van der Waals surface area contributed by atoms with E-state index in [1.165, 1.54) is 11.3 Å². The van der Waals surface area contributed by atoms with Gasteiger partial charge in [-0.05, 0) is 55.0 Å². The molecule has 1 N–H and O–H groups in total. The summed E-state index contributed by atoms with van der Waals surface area (Å²) in [7, 11) is 1.60. The van der Waals surface area contributed by atoms with E-state index in [-0.39, 0.29) is 18.2 Å². The van der Waals surface area contributed by atoms with E-state index in [4.69, 9.17) is 4.74 Å². The topological polar surface area (TPSA) is 84.4 Å². The van der Waals surface area contributed by atoms with Crippen LogP contribution in [0.1, 0.15) is 12.0 Å². The quantitative estimate of drug-likeness (QED) is 0.470. The summed E-state index contributed by atoms with van der Waals surface area (Å²) >= 11 is 1.51. The lowest BCUT2D eigenvalue weighted by molar-refractivity contribution is -0.122. The average Bonchev–Trinajstić information content (AvgIpc) is 3.44. The third kappa shape index (κ3) is 4.17. The number of thiazole rings is 1. The first kappa shape index (κ1) is 21.1. The van der Waals surface area contributed by atoms with E-state index in [0.29, 0.717) is 6.54 Å². The molecule has 0 spiro atoms. The molecule has 4 aromatic rings. The standard InChI is InChI=1S/C25H22N4O3S/c1-15-5-6-16(24-28-20-4-3-11-26-25(20)33-24)12-21(15)27-23(31)17-13-22(30)29(14-17)18-7-9-19(32-2)10-8-18/h3-12,17H,13-14H2,1-2H3,(H,27,31). The van der Waals surface area contributed by atoms with Crippen LogP contribution in [0, 0.1) is 12.8 Å². The van der Waals surface area contributed by atoms with Crippen LogP contribution >= 0.6 is 11.3 Å². The maximum atomic E-state index is 13.0. The Hall–Kier alpha value is -3.78. The van der Waals surface area contributed by atoms with Crippen molar-refractivity contribution in [3.63, 3.8) is 0 Å². The van der Waals surface area contributed by atoms with Crippen LogP contribution in [0.3, 0.4) is 0 Å². The van der Waals surface area contributed by atoms with Gasteiger partial charge < -0.3 is 15.0 Å². The molecule has 5 rings (SSSR count). The van der Waals surface area contributed by atoms with Crippen LogP contribution in [0.15, 0.2) is 60.8 Å². The summed E-state index contributed by atoms with van der Waals surface area (Å²) in [4.78, 5) is 37.2. The molecule has 2 amide bonds. The predicted octanol–water partition coefficient (Wildman–Crippen LogP) is 4.67. The summed E-state index contributed by atoms with van der Waals surface area (Å²) in [5.41, 5.74) is 4.20. The van der Waals surface area contributed by atoms with Crippen LogP contribution < -0.4 is 15.0 Å². The molecule has 1 fully saturated rings.